The second-order valence-corrected chi connectivity index (χ2v) is 6.45. The minimum atomic E-state index is -0.641. The van der Waals surface area contributed by atoms with E-state index in [2.05, 4.69) is 15.6 Å². The quantitative estimate of drug-likeness (QED) is 0.394. The Balaban J connectivity index is 1.79. The number of phenolic OH excluding ortho intramolecular Hbond substituents is 1. The zero-order valence-corrected chi connectivity index (χ0v) is 15.4. The van der Waals surface area contributed by atoms with Crippen molar-refractivity contribution in [1.29, 1.82) is 0 Å². The summed E-state index contributed by atoms with van der Waals surface area (Å²) in [4.78, 5) is 18.4. The molecule has 1 amide bonds. The van der Waals surface area contributed by atoms with E-state index in [0.717, 1.165) is 45.3 Å². The van der Waals surface area contributed by atoms with Crippen LogP contribution < -0.4 is 10.6 Å². The molecule has 1 heterocycles. The van der Waals surface area contributed by atoms with Crippen LogP contribution in [0.25, 0.3) is 0 Å². The summed E-state index contributed by atoms with van der Waals surface area (Å²) < 4.78 is 13.4. The number of carbonyl (C=O) groups excluding carboxylic acids is 1. The number of nitrogens with one attached hydrogen (secondary N) is 2. The van der Waals surface area contributed by atoms with Crippen LogP contribution in [0, 0.1) is 5.82 Å². The first-order valence-corrected chi connectivity index (χ1v) is 9.37. The number of likely N-dealkylation sites (tertiary alicyclic amines) is 1. The van der Waals surface area contributed by atoms with Crippen LogP contribution in [0.3, 0.4) is 0 Å². The van der Waals surface area contributed by atoms with Crippen LogP contribution in [0.5, 0.6) is 5.75 Å². The van der Waals surface area contributed by atoms with Gasteiger partial charge in [-0.05, 0) is 43.9 Å². The molecule has 0 aliphatic carbocycles. The van der Waals surface area contributed by atoms with Gasteiger partial charge in [0.2, 0.25) is 5.91 Å². The summed E-state index contributed by atoms with van der Waals surface area (Å²) >= 11 is 0. The molecule has 1 saturated heterocycles. The van der Waals surface area contributed by atoms with Crippen LogP contribution in [-0.4, -0.2) is 48.1 Å². The van der Waals surface area contributed by atoms with Gasteiger partial charge in [0.1, 0.15) is 0 Å². The van der Waals surface area contributed by atoms with Gasteiger partial charge in [-0.15, -0.1) is 0 Å². The molecule has 3 N–H and O–H groups in total. The Labute approximate surface area is 154 Å². The fraction of sp³-hybridized carbons (Fsp3) is 0.579. The normalized spacial score (nSPS) is 15.7. The molecule has 1 aliphatic rings. The van der Waals surface area contributed by atoms with Crippen molar-refractivity contribution < 1.29 is 14.3 Å². The summed E-state index contributed by atoms with van der Waals surface area (Å²) in [6.45, 7) is 5.35. The van der Waals surface area contributed by atoms with E-state index in [0.29, 0.717) is 31.0 Å². The van der Waals surface area contributed by atoms with Crippen LogP contribution in [0.1, 0.15) is 44.6 Å². The monoisotopic (exact) mass is 364 g/mol. The number of hydrogen-bond donors (Lipinski definition) is 3. The topological polar surface area (TPSA) is 77.0 Å². The largest absolute Gasteiger partial charge is 0.505 e. The lowest BCUT2D eigenvalue weighted by Crippen LogP contribution is -2.39. The number of guanidine groups is 1. The number of phenols is 1. The average molecular weight is 364 g/mol. The molecule has 1 aromatic rings. The van der Waals surface area contributed by atoms with Gasteiger partial charge in [-0.25, -0.2) is 9.38 Å². The maximum absolute atomic E-state index is 13.4. The van der Waals surface area contributed by atoms with Crippen molar-refractivity contribution in [3.8, 4) is 5.75 Å². The predicted octanol–water partition coefficient (Wildman–Crippen LogP) is 2.38. The number of aliphatic imine (C=N–C) groups is 1. The average Bonchev–Trinajstić information content (AvgIpc) is 2.83. The van der Waals surface area contributed by atoms with E-state index in [4.69, 9.17) is 0 Å². The first-order chi connectivity index (χ1) is 12.6. The molecule has 1 aliphatic heterocycles. The number of rotatable bonds is 7. The van der Waals surface area contributed by atoms with Gasteiger partial charge in [-0.2, -0.15) is 0 Å². The third-order valence-electron chi connectivity index (χ3n) is 4.34. The molecule has 0 aromatic heterocycles. The molecule has 26 heavy (non-hydrogen) atoms. The molecule has 1 aromatic carbocycles. The molecule has 0 saturated carbocycles. The first kappa shape index (κ1) is 20.0. The first-order valence-electron chi connectivity index (χ1n) is 9.37. The molecule has 0 spiro atoms. The Bertz CT molecular complexity index is 622. The Morgan fingerprint density at radius 2 is 2.15 bits per heavy atom. The molecule has 1 fully saturated rings. The van der Waals surface area contributed by atoms with Gasteiger partial charge in [-0.3, -0.25) is 4.79 Å². The van der Waals surface area contributed by atoms with Crippen molar-refractivity contribution in [2.24, 2.45) is 4.99 Å². The number of aromatic hydroxyl groups is 1. The summed E-state index contributed by atoms with van der Waals surface area (Å²) in [5.74, 6) is -0.0794. The fourth-order valence-corrected chi connectivity index (χ4v) is 2.91. The van der Waals surface area contributed by atoms with E-state index in [9.17, 15) is 14.3 Å². The highest BCUT2D eigenvalue weighted by molar-refractivity contribution is 5.79. The van der Waals surface area contributed by atoms with Gasteiger partial charge in [0, 0.05) is 32.6 Å². The molecule has 0 radical (unpaired) electrons. The Morgan fingerprint density at radius 1 is 1.31 bits per heavy atom. The summed E-state index contributed by atoms with van der Waals surface area (Å²) in [5, 5.41) is 15.6. The lowest BCUT2D eigenvalue weighted by Gasteiger charge is -2.20. The molecule has 6 nitrogen and oxygen atoms in total. The number of nitrogens with zero attached hydrogens (tertiary/aromatic N) is 2. The number of halogens is 1. The smallest absolute Gasteiger partial charge is 0.222 e. The van der Waals surface area contributed by atoms with Gasteiger partial charge in [0.15, 0.2) is 17.5 Å². The maximum atomic E-state index is 13.4. The second-order valence-electron chi connectivity index (χ2n) is 6.45. The standard InChI is InChI=1S/C19H29FN4O2/c1-2-21-19(23-14-15-8-9-17(25)16(20)13-15)22-10-6-12-24-11-5-3-4-7-18(24)26/h8-9,13,25H,2-7,10-12,14H2,1H3,(H2,21,22,23). The van der Waals surface area contributed by atoms with E-state index in [1.807, 2.05) is 11.8 Å². The molecule has 0 atom stereocenters. The molecular weight excluding hydrogens is 335 g/mol. The van der Waals surface area contributed by atoms with Crippen LogP contribution in [0.2, 0.25) is 0 Å². The zero-order chi connectivity index (χ0) is 18.8. The number of benzene rings is 1. The van der Waals surface area contributed by atoms with Crippen LogP contribution in [0.15, 0.2) is 23.2 Å². The summed E-state index contributed by atoms with van der Waals surface area (Å²) in [7, 11) is 0. The van der Waals surface area contributed by atoms with Gasteiger partial charge < -0.3 is 20.6 Å². The Morgan fingerprint density at radius 3 is 2.92 bits per heavy atom. The number of amides is 1. The highest BCUT2D eigenvalue weighted by atomic mass is 19.1. The molecule has 2 rings (SSSR count). The predicted molar refractivity (Wildman–Crippen MR) is 101 cm³/mol. The second kappa shape index (κ2) is 10.6. The van der Waals surface area contributed by atoms with Gasteiger partial charge >= 0.3 is 0 Å². The van der Waals surface area contributed by atoms with Crippen molar-refractivity contribution in [3.05, 3.63) is 29.6 Å². The number of carbonyl (C=O) groups is 1. The summed E-state index contributed by atoms with van der Waals surface area (Å²) in [6, 6.07) is 4.27. The minimum Gasteiger partial charge on any atom is -0.505 e. The summed E-state index contributed by atoms with van der Waals surface area (Å²) in [6.07, 6.45) is 4.75. The van der Waals surface area contributed by atoms with Crippen molar-refractivity contribution in [2.75, 3.05) is 26.2 Å². The molecule has 0 unspecified atom stereocenters. The van der Waals surface area contributed by atoms with Crippen LogP contribution >= 0.6 is 0 Å². The van der Waals surface area contributed by atoms with Crippen molar-refractivity contribution in [3.63, 3.8) is 0 Å². The molecule has 0 bridgehead atoms. The molecule has 144 valence electrons. The van der Waals surface area contributed by atoms with Crippen molar-refractivity contribution in [2.45, 2.75) is 45.6 Å². The lowest BCUT2D eigenvalue weighted by atomic mass is 10.2. The van der Waals surface area contributed by atoms with E-state index < -0.39 is 5.82 Å². The summed E-state index contributed by atoms with van der Waals surface area (Å²) in [5.41, 5.74) is 0.688. The van der Waals surface area contributed by atoms with E-state index in [1.54, 1.807) is 6.07 Å². The van der Waals surface area contributed by atoms with E-state index in [1.165, 1.54) is 12.1 Å². The van der Waals surface area contributed by atoms with Crippen LogP contribution in [0.4, 0.5) is 4.39 Å². The van der Waals surface area contributed by atoms with Gasteiger partial charge in [-0.1, -0.05) is 12.5 Å². The Kier molecular flexibility index (Phi) is 8.18. The lowest BCUT2D eigenvalue weighted by molar-refractivity contribution is -0.130. The van der Waals surface area contributed by atoms with Crippen molar-refractivity contribution in [1.82, 2.24) is 15.5 Å². The fourth-order valence-electron chi connectivity index (χ4n) is 2.91. The molecular formula is C19H29FN4O2. The zero-order valence-electron chi connectivity index (χ0n) is 15.4. The third-order valence-corrected chi connectivity index (χ3v) is 4.34. The third kappa shape index (κ3) is 6.54. The maximum Gasteiger partial charge on any atom is 0.222 e. The Hall–Kier alpha value is -2.31. The SMILES string of the molecule is CCNC(=NCc1ccc(O)c(F)c1)NCCCN1CCCCCC1=O. The van der Waals surface area contributed by atoms with E-state index in [-0.39, 0.29) is 11.7 Å². The minimum absolute atomic E-state index is 0.262. The number of hydrogen-bond acceptors (Lipinski definition) is 3. The molecule has 7 heteroatoms. The van der Waals surface area contributed by atoms with Crippen molar-refractivity contribution >= 4 is 11.9 Å². The van der Waals surface area contributed by atoms with E-state index >= 15 is 0 Å². The van der Waals surface area contributed by atoms with Crippen LogP contribution in [-0.2, 0) is 11.3 Å². The van der Waals surface area contributed by atoms with Gasteiger partial charge in [0.05, 0.1) is 6.54 Å². The highest BCUT2D eigenvalue weighted by Gasteiger charge is 2.15. The highest BCUT2D eigenvalue weighted by Crippen LogP contribution is 2.16. The van der Waals surface area contributed by atoms with Gasteiger partial charge in [0.25, 0.3) is 0 Å².